The predicted molar refractivity (Wildman–Crippen MR) is 88.1 cm³/mol. The number of pyridine rings is 1. The van der Waals surface area contributed by atoms with Crippen molar-refractivity contribution in [1.29, 1.82) is 5.26 Å². The van der Waals surface area contributed by atoms with Crippen molar-refractivity contribution in [1.82, 2.24) is 15.0 Å². The molecule has 0 saturated heterocycles. The fourth-order valence-electron chi connectivity index (χ4n) is 2.16. The van der Waals surface area contributed by atoms with E-state index in [9.17, 15) is 5.26 Å². The number of rotatable bonds is 3. The molecule has 0 aliphatic heterocycles. The fraction of sp³-hybridized carbons (Fsp3) is 0.118. The van der Waals surface area contributed by atoms with Crippen LogP contribution in [0.25, 0.3) is 22.8 Å². The fourth-order valence-corrected chi connectivity index (χ4v) is 2.16. The van der Waals surface area contributed by atoms with Gasteiger partial charge in [0.25, 0.3) is 0 Å². The highest BCUT2D eigenvalue weighted by atomic mass is 15.1. The van der Waals surface area contributed by atoms with E-state index in [2.05, 4.69) is 21.0 Å². The second kappa shape index (κ2) is 5.70. The molecule has 0 atom stereocenters. The Labute approximate surface area is 128 Å². The number of hydrogen-bond donors (Lipinski definition) is 1. The lowest BCUT2D eigenvalue weighted by atomic mass is 10.1. The summed E-state index contributed by atoms with van der Waals surface area (Å²) >= 11 is 0. The van der Waals surface area contributed by atoms with Crippen LogP contribution in [0.15, 0.2) is 42.6 Å². The Balaban J connectivity index is 1.97. The van der Waals surface area contributed by atoms with Gasteiger partial charge in [-0.1, -0.05) is 12.1 Å². The van der Waals surface area contributed by atoms with Crippen LogP contribution in [0, 0.1) is 11.3 Å². The highest BCUT2D eigenvalue weighted by Crippen LogP contribution is 2.19. The summed E-state index contributed by atoms with van der Waals surface area (Å²) in [5, 5.41) is 9.40. The van der Waals surface area contributed by atoms with Crippen LogP contribution in [-0.2, 0) is 0 Å². The molecule has 0 radical (unpaired) electrons. The molecule has 108 valence electrons. The summed E-state index contributed by atoms with van der Waals surface area (Å²) < 4.78 is 0. The summed E-state index contributed by atoms with van der Waals surface area (Å²) in [7, 11) is 3.99. The Morgan fingerprint density at radius 3 is 2.64 bits per heavy atom. The molecular formula is C17H15N5. The van der Waals surface area contributed by atoms with Crippen LogP contribution >= 0.6 is 0 Å². The van der Waals surface area contributed by atoms with Gasteiger partial charge in [-0.25, -0.2) is 9.97 Å². The first-order valence-corrected chi connectivity index (χ1v) is 6.87. The Morgan fingerprint density at radius 2 is 2.00 bits per heavy atom. The molecule has 0 aliphatic rings. The first-order valence-electron chi connectivity index (χ1n) is 6.87. The van der Waals surface area contributed by atoms with Gasteiger partial charge in [0.2, 0.25) is 0 Å². The molecule has 0 saturated carbocycles. The van der Waals surface area contributed by atoms with E-state index in [0.29, 0.717) is 17.0 Å². The molecule has 0 aliphatic carbocycles. The topological polar surface area (TPSA) is 68.6 Å². The third-order valence-electron chi connectivity index (χ3n) is 3.35. The van der Waals surface area contributed by atoms with Gasteiger partial charge < -0.3 is 9.88 Å². The number of nitrogens with one attached hydrogen (secondary N) is 1. The van der Waals surface area contributed by atoms with Gasteiger partial charge in [0.1, 0.15) is 6.07 Å². The van der Waals surface area contributed by atoms with Crippen molar-refractivity contribution in [2.24, 2.45) is 0 Å². The summed E-state index contributed by atoms with van der Waals surface area (Å²) in [6.07, 6.45) is 3.50. The minimum Gasteiger partial charge on any atom is -0.378 e. The molecule has 2 heterocycles. The number of anilines is 1. The molecule has 2 aromatic heterocycles. The number of aromatic nitrogens is 3. The minimum atomic E-state index is 0.482. The third-order valence-corrected chi connectivity index (χ3v) is 3.35. The molecule has 1 N–H and O–H groups in total. The minimum absolute atomic E-state index is 0.482. The van der Waals surface area contributed by atoms with Crippen molar-refractivity contribution in [3.05, 3.63) is 54.0 Å². The second-order valence-corrected chi connectivity index (χ2v) is 5.12. The number of hydrogen-bond acceptors (Lipinski definition) is 4. The number of aromatic amines is 1. The van der Waals surface area contributed by atoms with Gasteiger partial charge >= 0.3 is 0 Å². The molecular weight excluding hydrogens is 274 g/mol. The van der Waals surface area contributed by atoms with E-state index in [1.807, 2.05) is 61.5 Å². The highest BCUT2D eigenvalue weighted by molar-refractivity contribution is 5.89. The Kier molecular flexibility index (Phi) is 3.58. The zero-order chi connectivity index (χ0) is 15.5. The zero-order valence-electron chi connectivity index (χ0n) is 12.4. The Hall–Kier alpha value is -3.13. The van der Waals surface area contributed by atoms with Gasteiger partial charge in [0.15, 0.2) is 11.5 Å². The number of nitriles is 1. The van der Waals surface area contributed by atoms with Gasteiger partial charge in [-0.05, 0) is 35.9 Å². The third kappa shape index (κ3) is 2.67. The first-order chi connectivity index (χ1) is 10.7. The van der Waals surface area contributed by atoms with Crippen LogP contribution in [-0.4, -0.2) is 29.0 Å². The van der Waals surface area contributed by atoms with Crippen LogP contribution in [0.5, 0.6) is 0 Å². The highest BCUT2D eigenvalue weighted by Gasteiger charge is 2.08. The maximum absolute atomic E-state index is 9.40. The molecule has 3 aromatic rings. The molecule has 22 heavy (non-hydrogen) atoms. The number of nitrogens with zero attached hydrogens (tertiary/aromatic N) is 4. The summed E-state index contributed by atoms with van der Waals surface area (Å²) in [6.45, 7) is 0. The normalized spacial score (nSPS) is 11.4. The molecule has 5 nitrogen and oxygen atoms in total. The smallest absolute Gasteiger partial charge is 0.178 e. The van der Waals surface area contributed by atoms with Crippen molar-refractivity contribution in [3.8, 4) is 6.07 Å². The Morgan fingerprint density at radius 1 is 1.23 bits per heavy atom. The van der Waals surface area contributed by atoms with Crippen molar-refractivity contribution >= 4 is 28.5 Å². The maximum atomic E-state index is 9.40. The first kappa shape index (κ1) is 13.8. The molecule has 3 rings (SSSR count). The summed E-state index contributed by atoms with van der Waals surface area (Å²) in [5.74, 6) is 0.535. The number of H-pyrrole nitrogens is 1. The number of fused-ring (bicyclic) bond motifs is 1. The van der Waals surface area contributed by atoms with Gasteiger partial charge in [-0.2, -0.15) is 5.26 Å². The number of allylic oxidation sites excluding steroid dienone is 1. The van der Waals surface area contributed by atoms with Crippen molar-refractivity contribution in [3.63, 3.8) is 0 Å². The molecule has 5 heteroatoms. The van der Waals surface area contributed by atoms with Gasteiger partial charge in [0.05, 0.1) is 11.1 Å². The zero-order valence-corrected chi connectivity index (χ0v) is 12.4. The number of benzene rings is 1. The maximum Gasteiger partial charge on any atom is 0.178 e. The van der Waals surface area contributed by atoms with E-state index in [-0.39, 0.29) is 0 Å². The Bertz CT molecular complexity index is 833. The van der Waals surface area contributed by atoms with Crippen molar-refractivity contribution < 1.29 is 0 Å². The summed E-state index contributed by atoms with van der Waals surface area (Å²) in [4.78, 5) is 13.7. The lowest BCUT2D eigenvalue weighted by Gasteiger charge is -2.11. The van der Waals surface area contributed by atoms with E-state index in [1.165, 1.54) is 0 Å². The van der Waals surface area contributed by atoms with E-state index in [1.54, 1.807) is 6.20 Å². The molecule has 0 amide bonds. The SMILES string of the molecule is CN(C)c1ccc(/C=C(\C#N)c2nc3ncccc3[nH]2)cc1. The predicted octanol–water partition coefficient (Wildman–Crippen LogP) is 3.09. The number of imidazole rings is 1. The van der Waals surface area contributed by atoms with Crippen molar-refractivity contribution in [2.45, 2.75) is 0 Å². The lowest BCUT2D eigenvalue weighted by Crippen LogP contribution is -2.07. The van der Waals surface area contributed by atoms with Crippen molar-refractivity contribution in [2.75, 3.05) is 19.0 Å². The van der Waals surface area contributed by atoms with E-state index < -0.39 is 0 Å². The standard InChI is InChI=1S/C17H15N5/c1-22(2)14-7-5-12(6-8-14)10-13(11-18)16-20-15-4-3-9-19-17(15)21-16/h3-10H,1-2H3,(H,19,20,21)/b13-10+. The molecule has 1 aromatic carbocycles. The molecule has 0 unspecified atom stereocenters. The summed E-state index contributed by atoms with van der Waals surface area (Å²) in [6, 6.07) is 13.9. The van der Waals surface area contributed by atoms with Crippen LogP contribution in [0.1, 0.15) is 11.4 Å². The van der Waals surface area contributed by atoms with Crippen LogP contribution in [0.4, 0.5) is 5.69 Å². The molecule has 0 fully saturated rings. The lowest BCUT2D eigenvalue weighted by molar-refractivity contribution is 1.13. The largest absolute Gasteiger partial charge is 0.378 e. The van der Waals surface area contributed by atoms with Gasteiger partial charge in [0, 0.05) is 26.0 Å². The monoisotopic (exact) mass is 289 g/mol. The van der Waals surface area contributed by atoms with E-state index in [0.717, 1.165) is 16.8 Å². The van der Waals surface area contributed by atoms with Gasteiger partial charge in [-0.15, -0.1) is 0 Å². The van der Waals surface area contributed by atoms with Crippen LogP contribution < -0.4 is 4.90 Å². The quantitative estimate of drug-likeness (QED) is 0.752. The van der Waals surface area contributed by atoms with E-state index >= 15 is 0 Å². The van der Waals surface area contributed by atoms with E-state index in [4.69, 9.17) is 0 Å². The molecule has 0 bridgehead atoms. The summed E-state index contributed by atoms with van der Waals surface area (Å²) in [5.41, 5.74) is 3.98. The molecule has 0 spiro atoms. The average Bonchev–Trinajstić information content (AvgIpc) is 2.96. The van der Waals surface area contributed by atoms with Gasteiger partial charge in [-0.3, -0.25) is 0 Å². The van der Waals surface area contributed by atoms with Crippen LogP contribution in [0.3, 0.4) is 0 Å². The second-order valence-electron chi connectivity index (χ2n) is 5.12. The average molecular weight is 289 g/mol. The van der Waals surface area contributed by atoms with Crippen LogP contribution in [0.2, 0.25) is 0 Å².